The third-order valence-corrected chi connectivity index (χ3v) is 5.08. The van der Waals surface area contributed by atoms with E-state index in [9.17, 15) is 15.0 Å². The summed E-state index contributed by atoms with van der Waals surface area (Å²) in [5.74, 6) is 0.158. The molecule has 3 aromatic rings. The van der Waals surface area contributed by atoms with E-state index in [0.717, 1.165) is 22.3 Å². The van der Waals surface area contributed by atoms with Crippen LogP contribution in [0.2, 0.25) is 0 Å². The first-order valence-corrected chi connectivity index (χ1v) is 10.1. The van der Waals surface area contributed by atoms with Crippen LogP contribution < -0.4 is 5.43 Å². The zero-order valence-corrected chi connectivity index (χ0v) is 18.2. The lowest BCUT2D eigenvalue weighted by Gasteiger charge is -2.15. The molecule has 1 heterocycles. The number of aromatic hydroxyl groups is 2. The van der Waals surface area contributed by atoms with Crippen molar-refractivity contribution in [2.45, 2.75) is 47.5 Å². The predicted octanol–water partition coefficient (Wildman–Crippen LogP) is 6.20. The highest BCUT2D eigenvalue weighted by atomic mass is 16.3. The van der Waals surface area contributed by atoms with Gasteiger partial charge in [0.2, 0.25) is 0 Å². The molecule has 4 heteroatoms. The molecule has 0 saturated heterocycles. The van der Waals surface area contributed by atoms with Crippen molar-refractivity contribution in [2.24, 2.45) is 0 Å². The molecule has 0 spiro atoms. The third-order valence-electron chi connectivity index (χ3n) is 5.08. The number of hydrogen-bond acceptors (Lipinski definition) is 4. The lowest BCUT2D eigenvalue weighted by molar-refractivity contribution is 0.438. The summed E-state index contributed by atoms with van der Waals surface area (Å²) in [5, 5.41) is 22.0. The normalized spacial score (nSPS) is 10.8. The molecule has 156 valence electrons. The Kier molecular flexibility index (Phi) is 6.16. The molecule has 0 bridgehead atoms. The summed E-state index contributed by atoms with van der Waals surface area (Å²) in [6.45, 7) is 9.82. The van der Waals surface area contributed by atoms with Gasteiger partial charge in [-0.3, -0.25) is 4.79 Å². The number of hydrogen-bond donors (Lipinski definition) is 2. The molecule has 0 unspecified atom stereocenters. The third kappa shape index (κ3) is 4.33. The molecular formula is C26H28O4. The van der Waals surface area contributed by atoms with Gasteiger partial charge in [-0.15, -0.1) is 0 Å². The molecule has 2 aromatic carbocycles. The van der Waals surface area contributed by atoms with Crippen LogP contribution >= 0.6 is 0 Å². The fraction of sp³-hybridized carbons (Fsp3) is 0.269. The standard InChI is InChI=1S/C26H28O4/c1-15(2)6-12-19-24(28)20(13-7-16(3)4)26-23(25(19)29)21(27)14-22(30-26)18-10-8-17(5)9-11-18/h6-11,14,28-29H,12-13H2,1-5H3. The molecular weight excluding hydrogens is 376 g/mol. The summed E-state index contributed by atoms with van der Waals surface area (Å²) < 4.78 is 6.11. The first kappa shape index (κ1) is 21.4. The number of allylic oxidation sites excluding steroid dienone is 4. The van der Waals surface area contributed by atoms with E-state index in [1.807, 2.05) is 71.0 Å². The van der Waals surface area contributed by atoms with Gasteiger partial charge in [-0.25, -0.2) is 0 Å². The topological polar surface area (TPSA) is 70.7 Å². The maximum Gasteiger partial charge on any atom is 0.197 e. The van der Waals surface area contributed by atoms with Crippen LogP contribution in [0.1, 0.15) is 44.4 Å². The summed E-state index contributed by atoms with van der Waals surface area (Å²) in [6, 6.07) is 9.07. The second kappa shape index (κ2) is 8.62. The average molecular weight is 405 g/mol. The van der Waals surface area contributed by atoms with Crippen LogP contribution in [0.5, 0.6) is 11.5 Å². The van der Waals surface area contributed by atoms with Crippen molar-refractivity contribution < 1.29 is 14.6 Å². The summed E-state index contributed by atoms with van der Waals surface area (Å²) in [7, 11) is 0. The summed E-state index contributed by atoms with van der Waals surface area (Å²) in [5.41, 5.74) is 4.75. The van der Waals surface area contributed by atoms with Gasteiger partial charge >= 0.3 is 0 Å². The van der Waals surface area contributed by atoms with E-state index in [-0.39, 0.29) is 27.9 Å². The summed E-state index contributed by atoms with van der Waals surface area (Å²) in [4.78, 5) is 13.0. The number of benzene rings is 2. The van der Waals surface area contributed by atoms with Crippen LogP contribution in [-0.4, -0.2) is 10.2 Å². The molecule has 0 amide bonds. The highest BCUT2D eigenvalue weighted by Crippen LogP contribution is 2.40. The Morgan fingerprint density at radius 1 is 0.900 bits per heavy atom. The van der Waals surface area contributed by atoms with Crippen molar-refractivity contribution >= 4 is 11.0 Å². The zero-order chi connectivity index (χ0) is 22.0. The van der Waals surface area contributed by atoms with E-state index >= 15 is 0 Å². The van der Waals surface area contributed by atoms with E-state index in [0.29, 0.717) is 29.7 Å². The number of rotatable bonds is 5. The molecule has 0 aliphatic carbocycles. The monoisotopic (exact) mass is 404 g/mol. The van der Waals surface area contributed by atoms with Gasteiger partial charge in [0.15, 0.2) is 5.43 Å². The molecule has 30 heavy (non-hydrogen) atoms. The first-order chi connectivity index (χ1) is 14.2. The molecule has 0 fully saturated rings. The number of aryl methyl sites for hydroxylation is 1. The van der Waals surface area contributed by atoms with E-state index in [1.165, 1.54) is 6.07 Å². The van der Waals surface area contributed by atoms with Crippen LogP contribution in [0.4, 0.5) is 0 Å². The lowest BCUT2D eigenvalue weighted by atomic mass is 9.96. The van der Waals surface area contributed by atoms with Gasteiger partial charge in [0, 0.05) is 22.8 Å². The summed E-state index contributed by atoms with van der Waals surface area (Å²) >= 11 is 0. The van der Waals surface area contributed by atoms with Gasteiger partial charge in [-0.1, -0.05) is 53.1 Å². The largest absolute Gasteiger partial charge is 0.507 e. The Labute approximate surface area is 176 Å². The minimum atomic E-state index is -0.332. The van der Waals surface area contributed by atoms with E-state index in [1.54, 1.807) is 0 Å². The SMILES string of the molecule is CC(C)=CCc1c(O)c(CC=C(C)C)c2oc(-c3ccc(C)cc3)cc(=O)c2c1O. The Hall–Kier alpha value is -3.27. The van der Waals surface area contributed by atoms with Crippen LogP contribution in [-0.2, 0) is 12.8 Å². The Balaban J connectivity index is 2.35. The molecule has 0 aliphatic heterocycles. The van der Waals surface area contributed by atoms with E-state index in [2.05, 4.69) is 0 Å². The lowest BCUT2D eigenvalue weighted by Crippen LogP contribution is -2.05. The molecule has 0 aliphatic rings. The van der Waals surface area contributed by atoms with Gasteiger partial charge in [-0.05, 0) is 47.5 Å². The van der Waals surface area contributed by atoms with Crippen molar-refractivity contribution in [1.82, 2.24) is 0 Å². The second-order valence-electron chi connectivity index (χ2n) is 8.17. The Morgan fingerprint density at radius 3 is 2.03 bits per heavy atom. The first-order valence-electron chi connectivity index (χ1n) is 10.1. The van der Waals surface area contributed by atoms with Gasteiger partial charge in [0.25, 0.3) is 0 Å². The van der Waals surface area contributed by atoms with Crippen LogP contribution in [0.25, 0.3) is 22.3 Å². The number of fused-ring (bicyclic) bond motifs is 1. The highest BCUT2D eigenvalue weighted by molar-refractivity contribution is 5.91. The fourth-order valence-electron chi connectivity index (χ4n) is 3.34. The van der Waals surface area contributed by atoms with Crippen LogP contribution in [0.15, 0.2) is 62.8 Å². The number of phenolic OH excluding ortho intramolecular Hbond substituents is 2. The van der Waals surface area contributed by atoms with Crippen molar-refractivity contribution in [3.8, 4) is 22.8 Å². The van der Waals surface area contributed by atoms with Gasteiger partial charge in [-0.2, -0.15) is 0 Å². The van der Waals surface area contributed by atoms with Crippen molar-refractivity contribution in [3.63, 3.8) is 0 Å². The number of phenols is 2. The minimum Gasteiger partial charge on any atom is -0.507 e. The average Bonchev–Trinajstić information content (AvgIpc) is 2.67. The van der Waals surface area contributed by atoms with Gasteiger partial charge in [0.1, 0.15) is 28.2 Å². The maximum atomic E-state index is 13.0. The zero-order valence-electron chi connectivity index (χ0n) is 18.2. The highest BCUT2D eigenvalue weighted by Gasteiger charge is 2.22. The van der Waals surface area contributed by atoms with Crippen molar-refractivity contribution in [2.75, 3.05) is 0 Å². The quantitative estimate of drug-likeness (QED) is 0.497. The van der Waals surface area contributed by atoms with Crippen LogP contribution in [0, 0.1) is 6.92 Å². The van der Waals surface area contributed by atoms with Crippen LogP contribution in [0.3, 0.4) is 0 Å². The Morgan fingerprint density at radius 2 is 1.47 bits per heavy atom. The van der Waals surface area contributed by atoms with E-state index < -0.39 is 0 Å². The summed E-state index contributed by atoms with van der Waals surface area (Å²) in [6.07, 6.45) is 4.60. The minimum absolute atomic E-state index is 0.0285. The second-order valence-corrected chi connectivity index (χ2v) is 8.17. The molecule has 4 nitrogen and oxygen atoms in total. The van der Waals surface area contributed by atoms with Gasteiger partial charge < -0.3 is 14.6 Å². The predicted molar refractivity (Wildman–Crippen MR) is 122 cm³/mol. The van der Waals surface area contributed by atoms with E-state index in [4.69, 9.17) is 4.42 Å². The molecule has 0 atom stereocenters. The molecule has 0 radical (unpaired) electrons. The molecule has 3 rings (SSSR count). The van der Waals surface area contributed by atoms with Crippen molar-refractivity contribution in [3.05, 3.63) is 80.5 Å². The molecule has 2 N–H and O–H groups in total. The molecule has 1 aromatic heterocycles. The smallest absolute Gasteiger partial charge is 0.197 e. The van der Waals surface area contributed by atoms with Crippen molar-refractivity contribution in [1.29, 1.82) is 0 Å². The Bertz CT molecular complexity index is 1200. The molecule has 0 saturated carbocycles. The fourth-order valence-corrected chi connectivity index (χ4v) is 3.34. The van der Waals surface area contributed by atoms with Gasteiger partial charge in [0.05, 0.1) is 0 Å². The maximum absolute atomic E-state index is 13.0.